The summed E-state index contributed by atoms with van der Waals surface area (Å²) in [6.07, 6.45) is 5.68. The van der Waals surface area contributed by atoms with Crippen molar-refractivity contribution in [3.63, 3.8) is 0 Å². The molecule has 2 nitrogen and oxygen atoms in total. The molecule has 0 saturated heterocycles. The van der Waals surface area contributed by atoms with Crippen LogP contribution >= 0.6 is 11.8 Å². The average Bonchev–Trinajstić information content (AvgIpc) is 2.33. The minimum absolute atomic E-state index is 1.02. The average molecular weight is 138 g/mol. The molecule has 0 aromatic rings. The molecule has 0 saturated carbocycles. The Balaban J connectivity index is 2.33. The predicted molar refractivity (Wildman–Crippen MR) is 40.0 cm³/mol. The molecule has 0 aliphatic carbocycles. The van der Waals surface area contributed by atoms with Gasteiger partial charge >= 0.3 is 0 Å². The molecule has 0 N–H and O–H groups in total. The van der Waals surface area contributed by atoms with E-state index >= 15 is 0 Å². The third-order valence-electron chi connectivity index (χ3n) is 1.29. The van der Waals surface area contributed by atoms with Gasteiger partial charge in [-0.3, -0.25) is 0 Å². The second kappa shape index (κ2) is 1.92. The molecule has 3 heteroatoms. The number of aliphatic imine (C=N–C) groups is 1. The van der Waals surface area contributed by atoms with Crippen LogP contribution < -0.4 is 0 Å². The van der Waals surface area contributed by atoms with Crippen LogP contribution in [0.1, 0.15) is 0 Å². The zero-order chi connectivity index (χ0) is 6.10. The largest absolute Gasteiger partial charge is 0.322 e. The van der Waals surface area contributed by atoms with Crippen LogP contribution in [-0.2, 0) is 0 Å². The summed E-state index contributed by atoms with van der Waals surface area (Å²) < 4.78 is 0. The number of fused-ring (bicyclic) bond motifs is 1. The van der Waals surface area contributed by atoms with E-state index < -0.39 is 0 Å². The molecule has 0 aromatic carbocycles. The summed E-state index contributed by atoms with van der Waals surface area (Å²) in [4.78, 5) is 6.10. The maximum Gasteiger partial charge on any atom is 0.0957 e. The lowest BCUT2D eigenvalue weighted by Crippen LogP contribution is -2.16. The first-order valence-corrected chi connectivity index (χ1v) is 3.80. The Morgan fingerprint density at radius 3 is 3.56 bits per heavy atom. The number of hydrogen-bond acceptors (Lipinski definition) is 3. The highest BCUT2D eigenvalue weighted by atomic mass is 32.2. The minimum atomic E-state index is 1.02. The quantitative estimate of drug-likeness (QED) is 0.502. The number of nitrogens with zero attached hydrogens (tertiary/aromatic N) is 2. The second-order valence-electron chi connectivity index (χ2n) is 1.89. The minimum Gasteiger partial charge on any atom is -0.322 e. The van der Waals surface area contributed by atoms with Gasteiger partial charge in [0.2, 0.25) is 0 Å². The summed E-state index contributed by atoms with van der Waals surface area (Å²) in [5.74, 6) is 1.02. The highest BCUT2D eigenvalue weighted by Gasteiger charge is 2.11. The van der Waals surface area contributed by atoms with Crippen LogP contribution in [0.2, 0.25) is 0 Å². The molecule has 0 fully saturated rings. The Labute approximate surface area is 58.0 Å². The molecule has 9 heavy (non-hydrogen) atoms. The molecule has 2 aliphatic rings. The topological polar surface area (TPSA) is 15.6 Å². The van der Waals surface area contributed by atoms with Gasteiger partial charge in [-0.25, -0.2) is 4.99 Å². The molecular formula is C6H6N2S. The molecule has 2 rings (SSSR count). The summed E-state index contributed by atoms with van der Waals surface area (Å²) >= 11 is 1.80. The Kier molecular flexibility index (Phi) is 1.09. The van der Waals surface area contributed by atoms with E-state index in [2.05, 4.69) is 15.3 Å². The molecule has 0 spiro atoms. The molecule has 46 valence electrons. The van der Waals surface area contributed by atoms with Crippen molar-refractivity contribution in [3.05, 3.63) is 23.4 Å². The number of rotatable bonds is 0. The molecule has 0 bridgehead atoms. The van der Waals surface area contributed by atoms with Crippen molar-refractivity contribution >= 4 is 18.1 Å². The lowest BCUT2D eigenvalue weighted by molar-refractivity contribution is 0.650. The van der Waals surface area contributed by atoms with E-state index in [9.17, 15) is 0 Å². The fraction of sp³-hybridized carbons (Fsp3) is 0.167. The molecular weight excluding hydrogens is 132 g/mol. The van der Waals surface area contributed by atoms with Crippen LogP contribution in [-0.4, -0.2) is 17.1 Å². The normalized spacial score (nSPS) is 22.2. The van der Waals surface area contributed by atoms with Crippen LogP contribution in [0.3, 0.4) is 0 Å². The summed E-state index contributed by atoms with van der Waals surface area (Å²) in [6, 6.07) is 0. The van der Waals surface area contributed by atoms with Gasteiger partial charge < -0.3 is 4.90 Å². The predicted octanol–water partition coefficient (Wildman–Crippen LogP) is 1.39. The molecule has 0 amide bonds. The van der Waals surface area contributed by atoms with Gasteiger partial charge in [0.1, 0.15) is 0 Å². The van der Waals surface area contributed by atoms with Crippen molar-refractivity contribution in [2.75, 3.05) is 5.88 Å². The van der Waals surface area contributed by atoms with E-state index in [0.29, 0.717) is 0 Å². The van der Waals surface area contributed by atoms with E-state index in [0.717, 1.165) is 5.88 Å². The molecule has 0 radical (unpaired) electrons. The second-order valence-corrected chi connectivity index (χ2v) is 2.72. The lowest BCUT2D eigenvalue weighted by atomic mass is 10.4. The molecule has 0 aromatic heterocycles. The number of thioether (sulfide) groups is 1. The number of allylic oxidation sites excluding steroid dienone is 1. The first-order chi connectivity index (χ1) is 4.47. The van der Waals surface area contributed by atoms with Gasteiger partial charge in [-0.05, 0) is 11.5 Å². The van der Waals surface area contributed by atoms with E-state index in [4.69, 9.17) is 0 Å². The molecule has 0 unspecified atom stereocenters. The van der Waals surface area contributed by atoms with E-state index in [-0.39, 0.29) is 0 Å². The van der Waals surface area contributed by atoms with Crippen molar-refractivity contribution in [1.29, 1.82) is 0 Å². The maximum absolute atomic E-state index is 3.99. The van der Waals surface area contributed by atoms with E-state index in [1.807, 2.05) is 18.6 Å². The first-order valence-electron chi connectivity index (χ1n) is 2.75. The summed E-state index contributed by atoms with van der Waals surface area (Å²) in [5.41, 5.74) is 1.26. The van der Waals surface area contributed by atoms with Gasteiger partial charge in [0.25, 0.3) is 0 Å². The highest BCUT2D eigenvalue weighted by Crippen LogP contribution is 2.23. The summed E-state index contributed by atoms with van der Waals surface area (Å²) in [7, 11) is 0. The first kappa shape index (κ1) is 5.11. The summed E-state index contributed by atoms with van der Waals surface area (Å²) in [5, 5.41) is 2.14. The van der Waals surface area contributed by atoms with Crippen LogP contribution in [0, 0.1) is 0 Å². The maximum atomic E-state index is 3.99. The van der Waals surface area contributed by atoms with Gasteiger partial charge in [0.15, 0.2) is 0 Å². The molecule has 2 heterocycles. The van der Waals surface area contributed by atoms with Crippen molar-refractivity contribution in [2.24, 2.45) is 4.99 Å². The van der Waals surface area contributed by atoms with Crippen LogP contribution in [0.5, 0.6) is 0 Å². The summed E-state index contributed by atoms with van der Waals surface area (Å²) in [6.45, 7) is 0. The van der Waals surface area contributed by atoms with Crippen molar-refractivity contribution in [2.45, 2.75) is 0 Å². The monoisotopic (exact) mass is 138 g/mol. The van der Waals surface area contributed by atoms with Crippen LogP contribution in [0.4, 0.5) is 0 Å². The van der Waals surface area contributed by atoms with E-state index in [1.165, 1.54) is 5.70 Å². The third kappa shape index (κ3) is 0.772. The zero-order valence-corrected chi connectivity index (χ0v) is 5.64. The third-order valence-corrected chi connectivity index (χ3v) is 2.12. The molecule has 0 atom stereocenters. The Morgan fingerprint density at radius 2 is 2.67 bits per heavy atom. The van der Waals surface area contributed by atoms with Crippen molar-refractivity contribution in [3.8, 4) is 0 Å². The van der Waals surface area contributed by atoms with Gasteiger partial charge in [0, 0.05) is 6.20 Å². The lowest BCUT2D eigenvalue weighted by Gasteiger charge is -2.14. The van der Waals surface area contributed by atoms with Gasteiger partial charge in [-0.2, -0.15) is 0 Å². The van der Waals surface area contributed by atoms with Gasteiger partial charge in [-0.15, -0.1) is 11.8 Å². The highest BCUT2D eigenvalue weighted by molar-refractivity contribution is 8.02. The van der Waals surface area contributed by atoms with E-state index in [1.54, 1.807) is 11.8 Å². The smallest absolute Gasteiger partial charge is 0.0957 e. The van der Waals surface area contributed by atoms with Gasteiger partial charge in [0.05, 0.1) is 17.9 Å². The Morgan fingerprint density at radius 1 is 1.67 bits per heavy atom. The molecule has 2 aliphatic heterocycles. The van der Waals surface area contributed by atoms with Crippen LogP contribution in [0.25, 0.3) is 0 Å². The Bertz CT molecular complexity index is 202. The van der Waals surface area contributed by atoms with Crippen LogP contribution in [0.15, 0.2) is 28.4 Å². The van der Waals surface area contributed by atoms with Gasteiger partial charge in [-0.1, -0.05) is 0 Å². The fourth-order valence-corrected chi connectivity index (χ4v) is 1.65. The Hall–Kier alpha value is -0.700. The number of hydrogen-bond donors (Lipinski definition) is 0. The fourth-order valence-electron chi connectivity index (χ4n) is 0.819. The standard InChI is InChI=1S/C6H6N2S/c1-2-7-4-8-5-9-3-6(1)8/h1-4H,5H2. The van der Waals surface area contributed by atoms with Crippen molar-refractivity contribution in [1.82, 2.24) is 4.90 Å². The van der Waals surface area contributed by atoms with Crippen molar-refractivity contribution < 1.29 is 0 Å². The zero-order valence-electron chi connectivity index (χ0n) is 4.82. The SMILES string of the molecule is C1=CC2=CSCN2C=N1.